The predicted molar refractivity (Wildman–Crippen MR) is 72.5 cm³/mol. The van der Waals surface area contributed by atoms with Gasteiger partial charge in [0, 0.05) is 21.0 Å². The Labute approximate surface area is 113 Å². The largest absolute Gasteiger partial charge is 0.488 e. The summed E-state index contributed by atoms with van der Waals surface area (Å²) in [6.45, 7) is 0.308. The van der Waals surface area contributed by atoms with Gasteiger partial charge >= 0.3 is 0 Å². The van der Waals surface area contributed by atoms with Crippen molar-refractivity contribution in [3.05, 3.63) is 65.0 Å². The minimum Gasteiger partial charge on any atom is -0.488 e. The zero-order chi connectivity index (χ0) is 13.2. The quantitative estimate of drug-likeness (QED) is 0.670. The van der Waals surface area contributed by atoms with E-state index in [9.17, 15) is 8.78 Å². The van der Waals surface area contributed by atoms with Crippen LogP contribution in [-0.2, 0) is 6.61 Å². The van der Waals surface area contributed by atoms with Crippen LogP contribution >= 0.6 is 11.3 Å². The summed E-state index contributed by atoms with van der Waals surface area (Å²) in [7, 11) is 0. The van der Waals surface area contributed by atoms with Crippen LogP contribution < -0.4 is 4.74 Å². The minimum absolute atomic E-state index is 0.231. The van der Waals surface area contributed by atoms with Crippen LogP contribution in [0, 0.1) is 11.6 Å². The highest BCUT2D eigenvalue weighted by molar-refractivity contribution is 7.19. The molecule has 4 heteroatoms. The molecule has 3 aromatic rings. The molecule has 0 amide bonds. The first-order valence-corrected chi connectivity index (χ1v) is 6.59. The standard InChI is InChI=1S/C15H10F2OS/c16-10-3-1-4-11(7-10)18-9-12-8-13-14(17)5-2-6-15(13)19-12/h1-8H,9H2. The van der Waals surface area contributed by atoms with Crippen molar-refractivity contribution in [3.63, 3.8) is 0 Å². The van der Waals surface area contributed by atoms with Gasteiger partial charge in [0.2, 0.25) is 0 Å². The van der Waals surface area contributed by atoms with Crippen LogP contribution in [-0.4, -0.2) is 0 Å². The molecule has 0 unspecified atom stereocenters. The monoisotopic (exact) mass is 276 g/mol. The van der Waals surface area contributed by atoms with Gasteiger partial charge in [-0.2, -0.15) is 0 Å². The Balaban J connectivity index is 1.80. The highest BCUT2D eigenvalue weighted by Crippen LogP contribution is 2.28. The number of benzene rings is 2. The lowest BCUT2D eigenvalue weighted by Gasteiger charge is -2.03. The number of halogens is 2. The summed E-state index contributed by atoms with van der Waals surface area (Å²) in [6, 6.07) is 12.7. The molecule has 1 heterocycles. The third-order valence-corrected chi connectivity index (χ3v) is 3.81. The first-order chi connectivity index (χ1) is 9.22. The van der Waals surface area contributed by atoms with Gasteiger partial charge in [0.05, 0.1) is 0 Å². The van der Waals surface area contributed by atoms with E-state index in [-0.39, 0.29) is 11.6 Å². The number of hydrogen-bond donors (Lipinski definition) is 0. The van der Waals surface area contributed by atoms with Gasteiger partial charge < -0.3 is 4.74 Å². The summed E-state index contributed by atoms with van der Waals surface area (Å²) in [4.78, 5) is 0.907. The normalized spacial score (nSPS) is 10.8. The van der Waals surface area contributed by atoms with Crippen molar-refractivity contribution in [1.29, 1.82) is 0 Å². The SMILES string of the molecule is Fc1cccc(OCc2cc3c(F)cccc3s2)c1. The smallest absolute Gasteiger partial charge is 0.131 e. The lowest BCUT2D eigenvalue weighted by molar-refractivity contribution is 0.308. The van der Waals surface area contributed by atoms with Crippen molar-refractivity contribution >= 4 is 21.4 Å². The van der Waals surface area contributed by atoms with Gasteiger partial charge in [0.15, 0.2) is 0 Å². The average Bonchev–Trinajstić information content (AvgIpc) is 2.81. The number of hydrogen-bond acceptors (Lipinski definition) is 2. The molecule has 19 heavy (non-hydrogen) atoms. The van der Waals surface area contributed by atoms with Crippen LogP contribution in [0.1, 0.15) is 4.88 Å². The maximum absolute atomic E-state index is 13.5. The van der Waals surface area contributed by atoms with E-state index < -0.39 is 0 Å². The molecule has 0 atom stereocenters. The molecule has 96 valence electrons. The summed E-state index contributed by atoms with van der Waals surface area (Å²) in [6.07, 6.45) is 0. The molecule has 0 fully saturated rings. The molecule has 0 spiro atoms. The van der Waals surface area contributed by atoms with E-state index in [1.54, 1.807) is 24.3 Å². The van der Waals surface area contributed by atoms with Gasteiger partial charge in [0.25, 0.3) is 0 Å². The second-order valence-corrected chi connectivity index (χ2v) is 5.28. The molecule has 1 nitrogen and oxygen atoms in total. The lowest BCUT2D eigenvalue weighted by Crippen LogP contribution is -1.92. The van der Waals surface area contributed by atoms with Crippen molar-refractivity contribution in [2.75, 3.05) is 0 Å². The fourth-order valence-corrected chi connectivity index (χ4v) is 2.85. The van der Waals surface area contributed by atoms with Crippen molar-refractivity contribution in [1.82, 2.24) is 0 Å². The molecule has 0 bridgehead atoms. The number of rotatable bonds is 3. The first kappa shape index (κ1) is 12.1. The van der Waals surface area contributed by atoms with Crippen LogP contribution in [0.2, 0.25) is 0 Å². The highest BCUT2D eigenvalue weighted by Gasteiger charge is 2.06. The second kappa shape index (κ2) is 4.97. The maximum atomic E-state index is 13.5. The third-order valence-electron chi connectivity index (χ3n) is 2.74. The Bertz CT molecular complexity index is 721. The van der Waals surface area contributed by atoms with E-state index in [4.69, 9.17) is 4.74 Å². The van der Waals surface area contributed by atoms with E-state index in [1.807, 2.05) is 6.07 Å². The van der Waals surface area contributed by atoms with Crippen molar-refractivity contribution in [3.8, 4) is 5.75 Å². The molecular formula is C15H10F2OS. The first-order valence-electron chi connectivity index (χ1n) is 5.78. The number of ether oxygens (including phenoxy) is 1. The van der Waals surface area contributed by atoms with Crippen LogP contribution in [0.3, 0.4) is 0 Å². The Morgan fingerprint density at radius 1 is 1.00 bits per heavy atom. The van der Waals surface area contributed by atoms with Gasteiger partial charge in [-0.05, 0) is 30.3 Å². The molecule has 0 N–H and O–H groups in total. The number of fused-ring (bicyclic) bond motifs is 1. The molecular weight excluding hydrogens is 266 g/mol. The van der Waals surface area contributed by atoms with E-state index in [1.165, 1.54) is 29.5 Å². The molecule has 0 aliphatic carbocycles. The fraction of sp³-hybridized carbons (Fsp3) is 0.0667. The second-order valence-electron chi connectivity index (χ2n) is 4.11. The van der Waals surface area contributed by atoms with E-state index in [0.717, 1.165) is 9.58 Å². The Morgan fingerprint density at radius 3 is 2.63 bits per heavy atom. The maximum Gasteiger partial charge on any atom is 0.131 e. The summed E-state index contributed by atoms with van der Waals surface area (Å²) >= 11 is 1.48. The van der Waals surface area contributed by atoms with Crippen molar-refractivity contribution in [2.45, 2.75) is 6.61 Å². The van der Waals surface area contributed by atoms with Crippen LogP contribution in [0.15, 0.2) is 48.5 Å². The molecule has 3 rings (SSSR count). The average molecular weight is 276 g/mol. The lowest BCUT2D eigenvalue weighted by atomic mass is 10.2. The molecule has 1 aromatic heterocycles. The van der Waals surface area contributed by atoms with E-state index in [2.05, 4.69) is 0 Å². The Morgan fingerprint density at radius 2 is 1.84 bits per heavy atom. The van der Waals surface area contributed by atoms with Gasteiger partial charge in [0.1, 0.15) is 24.0 Å². The molecule has 0 radical (unpaired) electrons. The van der Waals surface area contributed by atoms with Gasteiger partial charge in [-0.1, -0.05) is 12.1 Å². The summed E-state index contributed by atoms with van der Waals surface area (Å²) in [5.74, 6) is -0.0939. The summed E-state index contributed by atoms with van der Waals surface area (Å²) in [5.41, 5.74) is 0. The zero-order valence-electron chi connectivity index (χ0n) is 9.90. The molecule has 2 aromatic carbocycles. The van der Waals surface area contributed by atoms with Gasteiger partial charge in [-0.25, -0.2) is 8.78 Å². The minimum atomic E-state index is -0.333. The third kappa shape index (κ3) is 2.58. The van der Waals surface area contributed by atoms with Crippen LogP contribution in [0.5, 0.6) is 5.75 Å². The van der Waals surface area contributed by atoms with Crippen LogP contribution in [0.4, 0.5) is 8.78 Å². The fourth-order valence-electron chi connectivity index (χ4n) is 1.86. The van der Waals surface area contributed by atoms with Gasteiger partial charge in [-0.3, -0.25) is 0 Å². The topological polar surface area (TPSA) is 9.23 Å². The number of thiophene rings is 1. The van der Waals surface area contributed by atoms with Crippen molar-refractivity contribution in [2.24, 2.45) is 0 Å². The zero-order valence-corrected chi connectivity index (χ0v) is 10.7. The Hall–Kier alpha value is -1.94. The van der Waals surface area contributed by atoms with E-state index >= 15 is 0 Å². The molecule has 0 aliphatic rings. The van der Waals surface area contributed by atoms with Crippen LogP contribution in [0.25, 0.3) is 10.1 Å². The molecule has 0 saturated carbocycles. The predicted octanol–water partition coefficient (Wildman–Crippen LogP) is 4.76. The summed E-state index contributed by atoms with van der Waals surface area (Å²) < 4.78 is 32.9. The van der Waals surface area contributed by atoms with Crippen molar-refractivity contribution < 1.29 is 13.5 Å². The van der Waals surface area contributed by atoms with Gasteiger partial charge in [-0.15, -0.1) is 11.3 Å². The summed E-state index contributed by atoms with van der Waals surface area (Å²) in [5, 5.41) is 0.602. The molecule has 0 saturated heterocycles. The molecule has 0 aliphatic heterocycles. The van der Waals surface area contributed by atoms with E-state index in [0.29, 0.717) is 17.7 Å². The highest BCUT2D eigenvalue weighted by atomic mass is 32.1. The Kier molecular flexibility index (Phi) is 3.17.